The van der Waals surface area contributed by atoms with Crippen LogP contribution in [0, 0.1) is 23.2 Å². The molecular weight excluding hydrogens is 380 g/mol. The van der Waals surface area contributed by atoms with Gasteiger partial charge in [0.05, 0.1) is 24.2 Å². The Morgan fingerprint density at radius 1 is 1.10 bits per heavy atom. The van der Waals surface area contributed by atoms with Crippen LogP contribution in [-0.4, -0.2) is 48.8 Å². The lowest BCUT2D eigenvalue weighted by atomic mass is 9.79. The molecule has 0 aromatic heterocycles. The van der Waals surface area contributed by atoms with Crippen molar-refractivity contribution in [3.63, 3.8) is 0 Å². The Balaban J connectivity index is 1.35. The highest BCUT2D eigenvalue weighted by Gasteiger charge is 2.69. The van der Waals surface area contributed by atoms with Crippen LogP contribution in [0.25, 0.3) is 0 Å². The van der Waals surface area contributed by atoms with Crippen LogP contribution in [0.1, 0.15) is 59.8 Å². The first-order chi connectivity index (χ1) is 13.6. The van der Waals surface area contributed by atoms with Gasteiger partial charge in [0.2, 0.25) is 0 Å². The van der Waals surface area contributed by atoms with E-state index < -0.39 is 23.0 Å². The summed E-state index contributed by atoms with van der Waals surface area (Å²) in [6.45, 7) is 7.21. The van der Waals surface area contributed by atoms with Crippen molar-refractivity contribution in [3.8, 4) is 0 Å². The molecule has 0 aromatic rings. The van der Waals surface area contributed by atoms with E-state index >= 15 is 0 Å². The number of hydrogen-bond donors (Lipinski definition) is 0. The summed E-state index contributed by atoms with van der Waals surface area (Å²) in [4.78, 5) is 47.8. The number of ether oxygens (including phenoxy) is 4. The largest absolute Gasteiger partial charge is 0.462 e. The summed E-state index contributed by atoms with van der Waals surface area (Å²) >= 11 is 0. The number of fused-ring (bicyclic) bond motifs is 1. The first-order valence-corrected chi connectivity index (χ1v) is 10.3. The van der Waals surface area contributed by atoms with Crippen molar-refractivity contribution in [2.24, 2.45) is 23.2 Å². The maximum absolute atomic E-state index is 12.3. The maximum atomic E-state index is 12.3. The van der Waals surface area contributed by atoms with Crippen LogP contribution >= 0.6 is 0 Å². The Bertz CT molecular complexity index is 699. The average molecular weight is 410 g/mol. The molecule has 8 nitrogen and oxygen atoms in total. The molecule has 2 bridgehead atoms. The van der Waals surface area contributed by atoms with Gasteiger partial charge in [0.25, 0.3) is 0 Å². The van der Waals surface area contributed by atoms with Crippen LogP contribution in [0.4, 0.5) is 0 Å². The molecule has 2 saturated carbocycles. The Morgan fingerprint density at radius 3 is 2.45 bits per heavy atom. The van der Waals surface area contributed by atoms with Gasteiger partial charge in [-0.3, -0.25) is 19.2 Å². The van der Waals surface area contributed by atoms with E-state index in [0.717, 1.165) is 6.42 Å². The van der Waals surface area contributed by atoms with Crippen molar-refractivity contribution >= 4 is 23.9 Å². The second-order valence-electron chi connectivity index (χ2n) is 9.05. The molecule has 1 aliphatic heterocycles. The van der Waals surface area contributed by atoms with E-state index in [0.29, 0.717) is 12.8 Å². The number of esters is 4. The first kappa shape index (κ1) is 21.6. The van der Waals surface area contributed by atoms with Gasteiger partial charge in [0.15, 0.2) is 0 Å². The molecule has 1 saturated heterocycles. The predicted molar refractivity (Wildman–Crippen MR) is 99.3 cm³/mol. The van der Waals surface area contributed by atoms with E-state index in [2.05, 4.69) is 0 Å². The first-order valence-electron chi connectivity index (χ1n) is 10.3. The molecular formula is C21H30O8. The van der Waals surface area contributed by atoms with E-state index in [1.54, 1.807) is 13.8 Å². The fourth-order valence-corrected chi connectivity index (χ4v) is 4.56. The van der Waals surface area contributed by atoms with Crippen molar-refractivity contribution in [3.05, 3.63) is 0 Å². The summed E-state index contributed by atoms with van der Waals surface area (Å²) in [6.07, 6.45) is 1.56. The topological polar surface area (TPSA) is 105 Å². The van der Waals surface area contributed by atoms with Crippen molar-refractivity contribution in [2.45, 2.75) is 71.5 Å². The summed E-state index contributed by atoms with van der Waals surface area (Å²) in [5.41, 5.74) is -1.38. The van der Waals surface area contributed by atoms with E-state index in [-0.39, 0.29) is 61.9 Å². The predicted octanol–water partition coefficient (Wildman–Crippen LogP) is 2.17. The molecule has 0 amide bonds. The molecule has 29 heavy (non-hydrogen) atoms. The van der Waals surface area contributed by atoms with Crippen LogP contribution < -0.4 is 0 Å². The van der Waals surface area contributed by atoms with Gasteiger partial charge in [-0.15, -0.1) is 0 Å². The van der Waals surface area contributed by atoms with Gasteiger partial charge < -0.3 is 18.9 Å². The summed E-state index contributed by atoms with van der Waals surface area (Å²) in [7, 11) is 0. The fourth-order valence-electron chi connectivity index (χ4n) is 4.56. The van der Waals surface area contributed by atoms with Gasteiger partial charge in [0.1, 0.15) is 24.9 Å². The number of carbonyl (C=O) groups is 4. The second-order valence-corrected chi connectivity index (χ2v) is 9.05. The highest BCUT2D eigenvalue weighted by atomic mass is 16.6. The molecule has 3 rings (SSSR count). The lowest BCUT2D eigenvalue weighted by Crippen LogP contribution is -2.47. The lowest BCUT2D eigenvalue weighted by molar-refractivity contribution is -0.180. The fraction of sp³-hybridized carbons (Fsp3) is 0.810. The molecule has 3 fully saturated rings. The van der Waals surface area contributed by atoms with E-state index in [4.69, 9.17) is 18.9 Å². The zero-order valence-electron chi connectivity index (χ0n) is 17.5. The standard InChI is InChI=1S/C21H30O8/c1-5-20(2,3)19(25)27-9-8-26-15(22)6-7-16(23)29-21(4)12-10-13-14(11-12)18(24)28-17(13)21/h12-14,17H,5-11H2,1-4H3. The number of hydrogen-bond acceptors (Lipinski definition) is 8. The third kappa shape index (κ3) is 4.12. The van der Waals surface area contributed by atoms with Crippen LogP contribution in [0.2, 0.25) is 0 Å². The Labute approximate surface area is 170 Å². The molecule has 8 heteroatoms. The molecule has 1 heterocycles. The van der Waals surface area contributed by atoms with Crippen LogP contribution in [-0.2, 0) is 38.1 Å². The van der Waals surface area contributed by atoms with E-state index in [1.165, 1.54) is 0 Å². The van der Waals surface area contributed by atoms with Gasteiger partial charge in [0, 0.05) is 11.8 Å². The summed E-state index contributed by atoms with van der Waals surface area (Å²) in [5.74, 6) is -1.39. The summed E-state index contributed by atoms with van der Waals surface area (Å²) in [5, 5.41) is 0. The van der Waals surface area contributed by atoms with Crippen molar-refractivity contribution < 1.29 is 38.1 Å². The SMILES string of the molecule is CCC(C)(C)C(=O)OCCOC(=O)CCC(=O)OC1(C)C2CC3C(=O)OC1C3C2. The van der Waals surface area contributed by atoms with Crippen molar-refractivity contribution in [2.75, 3.05) is 13.2 Å². The molecule has 0 radical (unpaired) electrons. The Morgan fingerprint density at radius 2 is 1.76 bits per heavy atom. The van der Waals surface area contributed by atoms with Gasteiger partial charge in [-0.1, -0.05) is 6.92 Å². The summed E-state index contributed by atoms with van der Waals surface area (Å²) in [6, 6.07) is 0. The van der Waals surface area contributed by atoms with Crippen molar-refractivity contribution in [1.29, 1.82) is 0 Å². The molecule has 5 unspecified atom stereocenters. The normalized spacial score (nSPS) is 32.1. The zero-order valence-corrected chi connectivity index (χ0v) is 17.5. The smallest absolute Gasteiger partial charge is 0.311 e. The lowest BCUT2D eigenvalue weighted by Gasteiger charge is -2.36. The van der Waals surface area contributed by atoms with E-state index in [9.17, 15) is 19.2 Å². The van der Waals surface area contributed by atoms with Gasteiger partial charge in [-0.25, -0.2) is 0 Å². The second kappa shape index (κ2) is 7.95. The van der Waals surface area contributed by atoms with Gasteiger partial charge >= 0.3 is 23.9 Å². The minimum atomic E-state index is -0.811. The third-order valence-electron chi connectivity index (χ3n) is 6.81. The Kier molecular flexibility index (Phi) is 5.92. The number of rotatable bonds is 9. The van der Waals surface area contributed by atoms with Gasteiger partial charge in [-0.2, -0.15) is 0 Å². The molecule has 2 aliphatic carbocycles. The minimum Gasteiger partial charge on any atom is -0.462 e. The monoisotopic (exact) mass is 410 g/mol. The molecule has 162 valence electrons. The molecule has 5 atom stereocenters. The highest BCUT2D eigenvalue weighted by molar-refractivity contribution is 5.79. The third-order valence-corrected chi connectivity index (χ3v) is 6.81. The van der Waals surface area contributed by atoms with Crippen LogP contribution in [0.15, 0.2) is 0 Å². The van der Waals surface area contributed by atoms with Crippen molar-refractivity contribution in [1.82, 2.24) is 0 Å². The van der Waals surface area contributed by atoms with Gasteiger partial charge in [-0.05, 0) is 40.0 Å². The molecule has 0 N–H and O–H groups in total. The quantitative estimate of drug-likeness (QED) is 0.324. The number of carbonyl (C=O) groups excluding carboxylic acids is 4. The Hall–Kier alpha value is -2.12. The zero-order chi connectivity index (χ0) is 21.4. The summed E-state index contributed by atoms with van der Waals surface area (Å²) < 4.78 is 21.2. The highest BCUT2D eigenvalue weighted by Crippen LogP contribution is 2.60. The van der Waals surface area contributed by atoms with Crippen LogP contribution in [0.5, 0.6) is 0 Å². The average Bonchev–Trinajstić information content (AvgIpc) is 3.29. The van der Waals surface area contributed by atoms with E-state index in [1.807, 2.05) is 13.8 Å². The minimum absolute atomic E-state index is 0.0200. The molecule has 3 aliphatic rings. The molecule has 0 aromatic carbocycles. The molecule has 0 spiro atoms. The maximum Gasteiger partial charge on any atom is 0.311 e. The van der Waals surface area contributed by atoms with Crippen LogP contribution in [0.3, 0.4) is 0 Å².